The molecule has 0 aromatic heterocycles. The topological polar surface area (TPSA) is 92.8 Å². The van der Waals surface area contributed by atoms with Crippen LogP contribution >= 0.6 is 0 Å². The quantitative estimate of drug-likeness (QED) is 0.730. The van der Waals surface area contributed by atoms with E-state index in [1.54, 1.807) is 24.3 Å². The zero-order chi connectivity index (χ0) is 19.2. The van der Waals surface area contributed by atoms with Gasteiger partial charge >= 0.3 is 5.97 Å². The Bertz CT molecular complexity index is 748. The maximum atomic E-state index is 12.6. The van der Waals surface area contributed by atoms with Gasteiger partial charge in [-0.25, -0.2) is 17.5 Å². The summed E-state index contributed by atoms with van der Waals surface area (Å²) in [5, 5.41) is 2.75. The molecule has 0 unspecified atom stereocenters. The van der Waals surface area contributed by atoms with Crippen molar-refractivity contribution in [2.75, 3.05) is 31.3 Å². The van der Waals surface area contributed by atoms with Crippen LogP contribution in [0, 0.1) is 5.92 Å². The number of para-hydroxylation sites is 1. The summed E-state index contributed by atoms with van der Waals surface area (Å²) in [6.07, 6.45) is 2.68. The monoisotopic (exact) mass is 382 g/mol. The fourth-order valence-electron chi connectivity index (χ4n) is 2.98. The third-order valence-corrected chi connectivity index (χ3v) is 6.42. The Kier molecular flexibility index (Phi) is 7.16. The molecule has 1 fully saturated rings. The number of ether oxygens (including phenoxy) is 1. The number of sulfonamides is 1. The van der Waals surface area contributed by atoms with Gasteiger partial charge in [-0.15, -0.1) is 0 Å². The first kappa shape index (κ1) is 20.4. The second-order valence-electron chi connectivity index (χ2n) is 6.39. The first-order valence-electron chi connectivity index (χ1n) is 8.85. The maximum Gasteiger partial charge on any atom is 0.339 e. The maximum absolute atomic E-state index is 12.6. The van der Waals surface area contributed by atoms with Crippen LogP contribution in [0.3, 0.4) is 0 Å². The average molecular weight is 382 g/mol. The lowest BCUT2D eigenvalue weighted by Crippen LogP contribution is -2.44. The first-order valence-corrected chi connectivity index (χ1v) is 10.5. The molecule has 2 rings (SSSR count). The lowest BCUT2D eigenvalue weighted by atomic mass is 9.98. The number of rotatable bonds is 7. The molecule has 26 heavy (non-hydrogen) atoms. The number of nitrogens with one attached hydrogen (secondary N) is 1. The van der Waals surface area contributed by atoms with Crippen LogP contribution in [0.25, 0.3) is 0 Å². The Morgan fingerprint density at radius 2 is 2.04 bits per heavy atom. The van der Waals surface area contributed by atoms with Gasteiger partial charge in [0.05, 0.1) is 30.0 Å². The number of piperidine rings is 1. The third-order valence-electron chi connectivity index (χ3n) is 4.49. The fourth-order valence-corrected chi connectivity index (χ4v) is 4.71. The minimum Gasteiger partial charge on any atom is -0.465 e. The minimum atomic E-state index is -3.33. The number of benzene rings is 1. The molecule has 1 aromatic carbocycles. The Balaban J connectivity index is 2.07. The molecule has 1 atom stereocenters. The van der Waals surface area contributed by atoms with Gasteiger partial charge in [0.1, 0.15) is 0 Å². The first-order chi connectivity index (χ1) is 12.4. The number of unbranched alkanes of at least 4 members (excludes halogenated alkanes) is 1. The molecule has 144 valence electrons. The van der Waals surface area contributed by atoms with Crippen molar-refractivity contribution in [3.8, 4) is 0 Å². The molecule has 1 aliphatic heterocycles. The predicted octanol–water partition coefficient (Wildman–Crippen LogP) is 2.25. The van der Waals surface area contributed by atoms with Crippen molar-refractivity contribution >= 4 is 27.6 Å². The van der Waals surface area contributed by atoms with Crippen LogP contribution in [0.4, 0.5) is 5.69 Å². The van der Waals surface area contributed by atoms with Crippen LogP contribution in [0.1, 0.15) is 43.0 Å². The number of carbonyl (C=O) groups is 2. The van der Waals surface area contributed by atoms with Gasteiger partial charge in [0.25, 0.3) is 0 Å². The van der Waals surface area contributed by atoms with Crippen molar-refractivity contribution in [2.45, 2.75) is 32.6 Å². The number of hydrogen-bond acceptors (Lipinski definition) is 5. The van der Waals surface area contributed by atoms with Crippen molar-refractivity contribution in [3.05, 3.63) is 29.8 Å². The number of hydrogen-bond donors (Lipinski definition) is 1. The van der Waals surface area contributed by atoms with E-state index in [-0.39, 0.29) is 23.8 Å². The van der Waals surface area contributed by atoms with E-state index in [4.69, 9.17) is 4.74 Å². The lowest BCUT2D eigenvalue weighted by molar-refractivity contribution is -0.120. The van der Waals surface area contributed by atoms with Crippen molar-refractivity contribution in [1.82, 2.24) is 4.31 Å². The molecule has 0 radical (unpaired) electrons. The van der Waals surface area contributed by atoms with E-state index < -0.39 is 21.9 Å². The summed E-state index contributed by atoms with van der Waals surface area (Å²) in [5.74, 6) is -1.14. The van der Waals surface area contributed by atoms with Gasteiger partial charge in [-0.05, 0) is 31.4 Å². The molecule has 1 N–H and O–H groups in total. The van der Waals surface area contributed by atoms with Gasteiger partial charge in [-0.1, -0.05) is 25.5 Å². The Morgan fingerprint density at radius 3 is 2.73 bits per heavy atom. The molecule has 1 aromatic rings. The van der Waals surface area contributed by atoms with Gasteiger partial charge in [0.15, 0.2) is 0 Å². The summed E-state index contributed by atoms with van der Waals surface area (Å²) in [7, 11) is -2.05. The molecular formula is C18H26N2O5S. The molecule has 1 amide bonds. The second kappa shape index (κ2) is 9.14. The van der Waals surface area contributed by atoms with Crippen LogP contribution < -0.4 is 5.32 Å². The summed E-state index contributed by atoms with van der Waals surface area (Å²) in [6.45, 7) is 2.58. The largest absolute Gasteiger partial charge is 0.465 e. The summed E-state index contributed by atoms with van der Waals surface area (Å²) in [4.78, 5) is 24.4. The fraction of sp³-hybridized carbons (Fsp3) is 0.556. The van der Waals surface area contributed by atoms with E-state index in [1.165, 1.54) is 11.4 Å². The standard InChI is InChI=1S/C18H26N2O5S/c1-3-4-12-26(23,24)20-11-7-8-14(13-20)17(21)19-16-10-6-5-9-15(16)18(22)25-2/h5-6,9-10,14H,3-4,7-8,11-13H2,1-2H3,(H,19,21)/t14-/m0/s1. The average Bonchev–Trinajstić information content (AvgIpc) is 2.66. The van der Waals surface area contributed by atoms with Crippen LogP contribution in [0.2, 0.25) is 0 Å². The molecule has 1 saturated heterocycles. The summed E-state index contributed by atoms with van der Waals surface area (Å²) >= 11 is 0. The van der Waals surface area contributed by atoms with Crippen LogP contribution in [0.15, 0.2) is 24.3 Å². The number of amides is 1. The Labute approximate surface area is 154 Å². The van der Waals surface area contributed by atoms with Gasteiger partial charge < -0.3 is 10.1 Å². The summed E-state index contributed by atoms with van der Waals surface area (Å²) in [6, 6.07) is 6.60. The van der Waals surface area contributed by atoms with E-state index in [9.17, 15) is 18.0 Å². The molecule has 7 nitrogen and oxygen atoms in total. The summed E-state index contributed by atoms with van der Waals surface area (Å²) < 4.78 is 30.9. The molecule has 0 saturated carbocycles. The highest BCUT2D eigenvalue weighted by atomic mass is 32.2. The van der Waals surface area contributed by atoms with Gasteiger partial charge in [-0.3, -0.25) is 4.79 Å². The van der Waals surface area contributed by atoms with E-state index in [1.807, 2.05) is 6.92 Å². The molecule has 1 aliphatic rings. The van der Waals surface area contributed by atoms with Gasteiger partial charge in [0, 0.05) is 13.1 Å². The van der Waals surface area contributed by atoms with Crippen molar-refractivity contribution in [1.29, 1.82) is 0 Å². The van der Waals surface area contributed by atoms with Gasteiger partial charge in [-0.2, -0.15) is 0 Å². The lowest BCUT2D eigenvalue weighted by Gasteiger charge is -2.31. The predicted molar refractivity (Wildman–Crippen MR) is 99.4 cm³/mol. The highest BCUT2D eigenvalue weighted by molar-refractivity contribution is 7.89. The molecule has 0 bridgehead atoms. The number of methoxy groups -OCH3 is 1. The van der Waals surface area contributed by atoms with Crippen molar-refractivity contribution in [3.63, 3.8) is 0 Å². The van der Waals surface area contributed by atoms with E-state index in [0.717, 1.165) is 6.42 Å². The number of carbonyl (C=O) groups excluding carboxylic acids is 2. The van der Waals surface area contributed by atoms with Crippen LogP contribution in [-0.4, -0.2) is 50.6 Å². The number of nitrogens with zero attached hydrogens (tertiary/aromatic N) is 1. The highest BCUT2D eigenvalue weighted by Crippen LogP contribution is 2.23. The Hall–Kier alpha value is -1.93. The molecular weight excluding hydrogens is 356 g/mol. The van der Waals surface area contributed by atoms with Crippen LogP contribution in [-0.2, 0) is 19.6 Å². The number of anilines is 1. The smallest absolute Gasteiger partial charge is 0.339 e. The molecule has 8 heteroatoms. The zero-order valence-corrected chi connectivity index (χ0v) is 16.0. The van der Waals surface area contributed by atoms with E-state index >= 15 is 0 Å². The molecule has 0 spiro atoms. The minimum absolute atomic E-state index is 0.114. The Morgan fingerprint density at radius 1 is 1.31 bits per heavy atom. The normalized spacial score (nSPS) is 18.3. The third kappa shape index (κ3) is 5.04. The molecule has 0 aliphatic carbocycles. The van der Waals surface area contributed by atoms with E-state index in [2.05, 4.69) is 5.32 Å². The summed E-state index contributed by atoms with van der Waals surface area (Å²) in [5.41, 5.74) is 0.641. The molecule has 1 heterocycles. The van der Waals surface area contributed by atoms with Crippen molar-refractivity contribution < 1.29 is 22.7 Å². The number of esters is 1. The highest BCUT2D eigenvalue weighted by Gasteiger charge is 2.32. The second-order valence-corrected chi connectivity index (χ2v) is 8.48. The zero-order valence-electron chi connectivity index (χ0n) is 15.2. The van der Waals surface area contributed by atoms with Gasteiger partial charge in [0.2, 0.25) is 15.9 Å². The SMILES string of the molecule is CCCCS(=O)(=O)N1CCC[C@H](C(=O)Nc2ccccc2C(=O)OC)C1. The van der Waals surface area contributed by atoms with Crippen molar-refractivity contribution in [2.24, 2.45) is 5.92 Å². The van der Waals surface area contributed by atoms with E-state index in [0.29, 0.717) is 31.5 Å². The van der Waals surface area contributed by atoms with Crippen LogP contribution in [0.5, 0.6) is 0 Å².